The summed E-state index contributed by atoms with van der Waals surface area (Å²) in [6.45, 7) is 0.663. The van der Waals surface area contributed by atoms with Gasteiger partial charge in [-0.1, -0.05) is 41.9 Å². The van der Waals surface area contributed by atoms with Crippen molar-refractivity contribution in [3.63, 3.8) is 0 Å². The third kappa shape index (κ3) is 5.59. The van der Waals surface area contributed by atoms with Crippen molar-refractivity contribution in [2.45, 2.75) is 5.25 Å². The Morgan fingerprint density at radius 2 is 2.08 bits per heavy atom. The van der Waals surface area contributed by atoms with Gasteiger partial charge in [-0.25, -0.2) is 0 Å². The zero-order valence-corrected chi connectivity index (χ0v) is 15.4. The molecule has 0 bridgehead atoms. The Hall–Kier alpha value is -2.36. The highest BCUT2D eigenvalue weighted by Crippen LogP contribution is 2.39. The molecule has 2 rings (SSSR count). The van der Waals surface area contributed by atoms with E-state index in [-0.39, 0.29) is 5.25 Å². The standard InChI is InChI=1S/C18H20ClN5S/c1-22-18(24-12-20)23-9-10-25-17(13-5-3-2-4-6-13)15-11-14(19)7-8-16(15)21/h2-8,11,17H,9-10,21H2,1H3,(H2,22,23,24). The first kappa shape index (κ1) is 19.0. The lowest BCUT2D eigenvalue weighted by Gasteiger charge is -2.20. The molecule has 130 valence electrons. The number of guanidine groups is 1. The number of aliphatic imine (C=N–C) groups is 1. The van der Waals surface area contributed by atoms with Gasteiger partial charge in [0.05, 0.1) is 5.25 Å². The van der Waals surface area contributed by atoms with Crippen LogP contribution in [-0.4, -0.2) is 25.3 Å². The summed E-state index contributed by atoms with van der Waals surface area (Å²) in [7, 11) is 1.62. The Kier molecular flexibility index (Phi) is 7.45. The molecule has 0 spiro atoms. The first-order chi connectivity index (χ1) is 12.2. The number of halogens is 1. The largest absolute Gasteiger partial charge is 0.398 e. The maximum atomic E-state index is 8.65. The van der Waals surface area contributed by atoms with Gasteiger partial charge in [-0.15, -0.1) is 11.8 Å². The molecule has 25 heavy (non-hydrogen) atoms. The molecular formula is C18H20ClN5S. The van der Waals surface area contributed by atoms with E-state index in [1.807, 2.05) is 36.5 Å². The van der Waals surface area contributed by atoms with E-state index in [1.165, 1.54) is 5.56 Å². The lowest BCUT2D eigenvalue weighted by atomic mass is 10.0. The molecule has 4 N–H and O–H groups in total. The number of nitrogens with one attached hydrogen (secondary N) is 2. The molecule has 0 aliphatic rings. The van der Waals surface area contributed by atoms with E-state index < -0.39 is 0 Å². The van der Waals surface area contributed by atoms with E-state index in [1.54, 1.807) is 24.9 Å². The van der Waals surface area contributed by atoms with Gasteiger partial charge in [-0.3, -0.25) is 10.3 Å². The first-order valence-corrected chi connectivity index (χ1v) is 9.15. The van der Waals surface area contributed by atoms with Crippen LogP contribution in [0.2, 0.25) is 5.02 Å². The molecule has 0 radical (unpaired) electrons. The van der Waals surface area contributed by atoms with Crippen molar-refractivity contribution in [3.05, 3.63) is 64.7 Å². The minimum absolute atomic E-state index is 0.0765. The summed E-state index contributed by atoms with van der Waals surface area (Å²) in [6.07, 6.45) is 1.85. The number of anilines is 1. The number of benzene rings is 2. The van der Waals surface area contributed by atoms with Crippen LogP contribution in [0.3, 0.4) is 0 Å². The number of nitrogens with zero attached hydrogens (tertiary/aromatic N) is 2. The number of hydrogen-bond donors (Lipinski definition) is 3. The molecule has 0 fully saturated rings. The van der Waals surface area contributed by atoms with E-state index in [2.05, 4.69) is 27.8 Å². The van der Waals surface area contributed by atoms with Crippen LogP contribution in [0.25, 0.3) is 0 Å². The molecule has 0 saturated carbocycles. The van der Waals surface area contributed by atoms with Crippen LogP contribution >= 0.6 is 23.4 Å². The fourth-order valence-electron chi connectivity index (χ4n) is 2.34. The van der Waals surface area contributed by atoms with E-state index >= 15 is 0 Å². The quantitative estimate of drug-likeness (QED) is 0.180. The topological polar surface area (TPSA) is 86.2 Å². The van der Waals surface area contributed by atoms with Crippen LogP contribution in [0.4, 0.5) is 5.69 Å². The van der Waals surface area contributed by atoms with Gasteiger partial charge >= 0.3 is 0 Å². The van der Waals surface area contributed by atoms with Crippen LogP contribution < -0.4 is 16.4 Å². The van der Waals surface area contributed by atoms with Crippen molar-refractivity contribution < 1.29 is 0 Å². The number of nitrogen functional groups attached to an aromatic ring is 1. The monoisotopic (exact) mass is 373 g/mol. The minimum Gasteiger partial charge on any atom is -0.398 e. The number of hydrogen-bond acceptors (Lipinski definition) is 4. The van der Waals surface area contributed by atoms with Gasteiger partial charge in [0, 0.05) is 30.1 Å². The van der Waals surface area contributed by atoms with E-state index in [4.69, 9.17) is 22.6 Å². The second-order valence-corrected chi connectivity index (χ2v) is 6.82. The average molecular weight is 374 g/mol. The van der Waals surface area contributed by atoms with Crippen molar-refractivity contribution in [2.75, 3.05) is 25.1 Å². The molecular weight excluding hydrogens is 354 g/mol. The van der Waals surface area contributed by atoms with E-state index in [0.717, 1.165) is 17.0 Å². The molecule has 0 amide bonds. The lowest BCUT2D eigenvalue weighted by Crippen LogP contribution is -2.35. The van der Waals surface area contributed by atoms with Crippen LogP contribution in [0, 0.1) is 11.5 Å². The highest BCUT2D eigenvalue weighted by molar-refractivity contribution is 7.99. The summed E-state index contributed by atoms with van der Waals surface area (Å²) in [5, 5.41) is 15.0. The summed E-state index contributed by atoms with van der Waals surface area (Å²) >= 11 is 7.93. The van der Waals surface area contributed by atoms with Crippen molar-refractivity contribution >= 4 is 35.0 Å². The van der Waals surface area contributed by atoms with Gasteiger partial charge in [0.15, 0.2) is 6.19 Å². The van der Waals surface area contributed by atoms with E-state index in [9.17, 15) is 0 Å². The normalized spacial score (nSPS) is 12.3. The van der Waals surface area contributed by atoms with Gasteiger partial charge < -0.3 is 11.1 Å². The van der Waals surface area contributed by atoms with E-state index in [0.29, 0.717) is 17.5 Å². The fourth-order valence-corrected chi connectivity index (χ4v) is 3.71. The zero-order chi connectivity index (χ0) is 18.1. The Morgan fingerprint density at radius 1 is 1.32 bits per heavy atom. The Balaban J connectivity index is 2.11. The minimum atomic E-state index is 0.0765. The Morgan fingerprint density at radius 3 is 2.76 bits per heavy atom. The molecule has 1 atom stereocenters. The van der Waals surface area contributed by atoms with Crippen molar-refractivity contribution in [3.8, 4) is 6.19 Å². The molecule has 2 aromatic rings. The number of nitriles is 1. The third-order valence-electron chi connectivity index (χ3n) is 3.51. The summed E-state index contributed by atoms with van der Waals surface area (Å²) < 4.78 is 0. The molecule has 0 saturated heterocycles. The maximum Gasteiger partial charge on any atom is 0.204 e. The van der Waals surface area contributed by atoms with Gasteiger partial charge in [0.2, 0.25) is 5.96 Å². The van der Waals surface area contributed by atoms with Gasteiger partial charge in [0.1, 0.15) is 0 Å². The Bertz CT molecular complexity index is 758. The molecule has 0 aliphatic heterocycles. The fraction of sp³-hybridized carbons (Fsp3) is 0.222. The maximum absolute atomic E-state index is 8.65. The molecule has 0 heterocycles. The van der Waals surface area contributed by atoms with Crippen LogP contribution in [0.1, 0.15) is 16.4 Å². The van der Waals surface area contributed by atoms with Crippen LogP contribution in [0.5, 0.6) is 0 Å². The van der Waals surface area contributed by atoms with Crippen molar-refractivity contribution in [1.82, 2.24) is 10.6 Å². The molecule has 0 aliphatic carbocycles. The number of thioether (sulfide) groups is 1. The average Bonchev–Trinajstić information content (AvgIpc) is 2.64. The molecule has 2 aromatic carbocycles. The highest BCUT2D eigenvalue weighted by atomic mass is 35.5. The zero-order valence-electron chi connectivity index (χ0n) is 13.9. The van der Waals surface area contributed by atoms with Crippen LogP contribution in [-0.2, 0) is 0 Å². The van der Waals surface area contributed by atoms with Crippen molar-refractivity contribution in [1.29, 1.82) is 5.26 Å². The first-order valence-electron chi connectivity index (χ1n) is 7.73. The number of rotatable bonds is 6. The molecule has 5 nitrogen and oxygen atoms in total. The highest BCUT2D eigenvalue weighted by Gasteiger charge is 2.17. The summed E-state index contributed by atoms with van der Waals surface area (Å²) in [4.78, 5) is 3.96. The predicted molar refractivity (Wildman–Crippen MR) is 107 cm³/mol. The van der Waals surface area contributed by atoms with Crippen LogP contribution in [0.15, 0.2) is 53.5 Å². The third-order valence-corrected chi connectivity index (χ3v) is 5.04. The van der Waals surface area contributed by atoms with Gasteiger partial charge in [-0.2, -0.15) is 5.26 Å². The molecule has 1 unspecified atom stereocenters. The molecule has 7 heteroatoms. The number of nitrogens with two attached hydrogens (primary N) is 1. The second kappa shape index (κ2) is 9.82. The predicted octanol–water partition coefficient (Wildman–Crippen LogP) is 3.39. The smallest absolute Gasteiger partial charge is 0.204 e. The SMILES string of the molecule is CN=C(NC#N)NCCSC(c1ccccc1)c1cc(Cl)ccc1N. The van der Waals surface area contributed by atoms with Gasteiger partial charge in [0.25, 0.3) is 0 Å². The second-order valence-electron chi connectivity index (χ2n) is 5.17. The molecule has 0 aromatic heterocycles. The van der Waals surface area contributed by atoms with Crippen molar-refractivity contribution in [2.24, 2.45) is 4.99 Å². The Labute approximate surface area is 157 Å². The summed E-state index contributed by atoms with van der Waals surface area (Å²) in [6, 6.07) is 15.7. The summed E-state index contributed by atoms with van der Waals surface area (Å²) in [5.41, 5.74) is 9.08. The summed E-state index contributed by atoms with van der Waals surface area (Å²) in [5.74, 6) is 1.26. The lowest BCUT2D eigenvalue weighted by molar-refractivity contribution is 0.929. The van der Waals surface area contributed by atoms with Gasteiger partial charge in [-0.05, 0) is 29.3 Å².